The van der Waals surface area contributed by atoms with Crippen LogP contribution in [0.5, 0.6) is 11.5 Å². The minimum absolute atomic E-state index is 0.00289. The number of hydrogen-bond acceptors (Lipinski definition) is 7. The molecule has 0 unspecified atom stereocenters. The van der Waals surface area contributed by atoms with Crippen LogP contribution in [0.15, 0.2) is 41.2 Å². The van der Waals surface area contributed by atoms with Crippen molar-refractivity contribution < 1.29 is 23.9 Å². The quantitative estimate of drug-likeness (QED) is 0.546. The van der Waals surface area contributed by atoms with Crippen LogP contribution in [0.3, 0.4) is 0 Å². The van der Waals surface area contributed by atoms with Gasteiger partial charge in [-0.05, 0) is 30.0 Å². The van der Waals surface area contributed by atoms with E-state index in [-0.39, 0.29) is 30.4 Å². The van der Waals surface area contributed by atoms with Crippen LogP contribution in [0.4, 0.5) is 4.79 Å². The predicted molar refractivity (Wildman–Crippen MR) is 135 cm³/mol. The molecule has 4 heterocycles. The summed E-state index contributed by atoms with van der Waals surface area (Å²) in [5, 5.41) is 0. The number of imide groups is 2. The number of urea groups is 1. The number of nitrogens with zero attached hydrogens (tertiary/aromatic N) is 4. The Hall–Kier alpha value is -3.66. The highest BCUT2D eigenvalue weighted by atomic mass is 16.5. The molecule has 4 amide bonds. The largest absolute Gasteiger partial charge is 0.497 e. The molecule has 10 nitrogen and oxygen atoms in total. The zero-order valence-corrected chi connectivity index (χ0v) is 21.6. The van der Waals surface area contributed by atoms with Gasteiger partial charge in [-0.3, -0.25) is 24.2 Å². The molecule has 3 aliphatic rings. The molecule has 2 saturated heterocycles. The number of likely N-dealkylation sites (tertiary alicyclic amines) is 1. The first-order valence-electron chi connectivity index (χ1n) is 12.4. The molecule has 2 atom stereocenters. The van der Waals surface area contributed by atoms with E-state index in [1.54, 1.807) is 37.4 Å². The zero-order chi connectivity index (χ0) is 26.5. The molecule has 2 aromatic rings. The molecule has 0 saturated carbocycles. The maximum absolute atomic E-state index is 13.8. The first-order valence-corrected chi connectivity index (χ1v) is 12.4. The standard InChI is InChI=1S/C27H32N4O6/c1-28-24(33)27(25(34)29(2)26(28)35,12-18-8-9-20(36-3)11-22(18)37-4)16-30-13-17-10-19(15-30)21-6-5-7-23(32)31(21)14-17/h5-9,11,17,19H,10,12-16H2,1-4H3/t17-,19+/m1/s1. The first kappa shape index (κ1) is 25.0. The Balaban J connectivity index is 1.53. The van der Waals surface area contributed by atoms with E-state index in [9.17, 15) is 19.2 Å². The van der Waals surface area contributed by atoms with Crippen LogP contribution in [0.1, 0.15) is 23.6 Å². The fraction of sp³-hybridized carbons (Fsp3) is 0.481. The predicted octanol–water partition coefficient (Wildman–Crippen LogP) is 1.56. The van der Waals surface area contributed by atoms with Crippen molar-refractivity contribution in [1.29, 1.82) is 0 Å². The summed E-state index contributed by atoms with van der Waals surface area (Å²) in [6.07, 6.45) is 1.03. The van der Waals surface area contributed by atoms with Crippen molar-refractivity contribution in [1.82, 2.24) is 19.3 Å². The molecule has 0 spiro atoms. The lowest BCUT2D eigenvalue weighted by atomic mass is 9.75. The highest BCUT2D eigenvalue weighted by molar-refractivity contribution is 6.19. The van der Waals surface area contributed by atoms with E-state index in [0.717, 1.165) is 21.9 Å². The van der Waals surface area contributed by atoms with E-state index in [4.69, 9.17) is 9.47 Å². The minimum Gasteiger partial charge on any atom is -0.497 e. The Morgan fingerprint density at radius 3 is 2.32 bits per heavy atom. The Kier molecular flexibility index (Phi) is 6.31. The van der Waals surface area contributed by atoms with Gasteiger partial charge in [0.25, 0.3) is 5.56 Å². The van der Waals surface area contributed by atoms with E-state index in [0.29, 0.717) is 36.7 Å². The Labute approximate surface area is 215 Å². The third-order valence-electron chi connectivity index (χ3n) is 8.04. The van der Waals surface area contributed by atoms with Crippen LogP contribution in [0.25, 0.3) is 0 Å². The Bertz CT molecular complexity index is 1300. The number of ether oxygens (including phenoxy) is 2. The number of fused-ring (bicyclic) bond motifs is 4. The lowest BCUT2D eigenvalue weighted by Gasteiger charge is -2.48. The van der Waals surface area contributed by atoms with Crippen molar-refractivity contribution in [3.8, 4) is 11.5 Å². The van der Waals surface area contributed by atoms with Gasteiger partial charge in [0, 0.05) is 70.4 Å². The summed E-state index contributed by atoms with van der Waals surface area (Å²) in [6.45, 7) is 2.04. The molecule has 0 aliphatic carbocycles. The van der Waals surface area contributed by atoms with E-state index >= 15 is 0 Å². The third kappa shape index (κ3) is 4.09. The van der Waals surface area contributed by atoms with Gasteiger partial charge in [0.2, 0.25) is 11.8 Å². The second kappa shape index (κ2) is 9.33. The number of aromatic nitrogens is 1. The summed E-state index contributed by atoms with van der Waals surface area (Å²) < 4.78 is 12.7. The number of benzene rings is 1. The van der Waals surface area contributed by atoms with Crippen LogP contribution in [-0.4, -0.2) is 85.1 Å². The molecule has 0 N–H and O–H groups in total. The molecule has 3 aliphatic heterocycles. The SMILES string of the molecule is COc1ccc(CC2(CN3C[C@H]4C[C@@H](C3)c3cccc(=O)n3C4)C(=O)N(C)C(=O)N(C)C2=O)c(OC)c1. The minimum atomic E-state index is -1.51. The Morgan fingerprint density at radius 2 is 1.65 bits per heavy atom. The van der Waals surface area contributed by atoms with Crippen molar-refractivity contribution in [2.45, 2.75) is 25.3 Å². The number of carbonyl (C=O) groups is 3. The molecular weight excluding hydrogens is 476 g/mol. The van der Waals surface area contributed by atoms with Gasteiger partial charge in [0.15, 0.2) is 0 Å². The lowest BCUT2D eigenvalue weighted by molar-refractivity contribution is -0.159. The van der Waals surface area contributed by atoms with Crippen molar-refractivity contribution >= 4 is 17.8 Å². The molecule has 37 heavy (non-hydrogen) atoms. The molecule has 1 aromatic heterocycles. The molecule has 10 heteroatoms. The van der Waals surface area contributed by atoms with E-state index < -0.39 is 23.3 Å². The van der Waals surface area contributed by atoms with Crippen molar-refractivity contribution in [3.63, 3.8) is 0 Å². The van der Waals surface area contributed by atoms with E-state index in [1.165, 1.54) is 21.2 Å². The van der Waals surface area contributed by atoms with E-state index in [2.05, 4.69) is 4.90 Å². The van der Waals surface area contributed by atoms with Crippen molar-refractivity contribution in [3.05, 3.63) is 58.0 Å². The van der Waals surface area contributed by atoms with Crippen molar-refractivity contribution in [2.24, 2.45) is 11.3 Å². The number of pyridine rings is 1. The average molecular weight is 509 g/mol. The lowest BCUT2D eigenvalue weighted by Crippen LogP contribution is -2.67. The van der Waals surface area contributed by atoms with Crippen LogP contribution in [0.2, 0.25) is 0 Å². The summed E-state index contributed by atoms with van der Waals surface area (Å²) in [6, 6.07) is 10.00. The summed E-state index contributed by atoms with van der Waals surface area (Å²) in [5.74, 6) is 0.407. The van der Waals surface area contributed by atoms with Crippen LogP contribution >= 0.6 is 0 Å². The van der Waals surface area contributed by atoms with Gasteiger partial charge >= 0.3 is 6.03 Å². The van der Waals surface area contributed by atoms with E-state index in [1.807, 2.05) is 10.6 Å². The number of methoxy groups -OCH3 is 2. The maximum Gasteiger partial charge on any atom is 0.332 e. The fourth-order valence-electron chi connectivity index (χ4n) is 6.30. The first-order chi connectivity index (χ1) is 17.7. The molecule has 5 rings (SSSR count). The summed E-state index contributed by atoms with van der Waals surface area (Å²) in [4.78, 5) is 57.0. The van der Waals surface area contributed by atoms with Gasteiger partial charge in [-0.25, -0.2) is 4.79 Å². The molecule has 0 radical (unpaired) electrons. The smallest absolute Gasteiger partial charge is 0.332 e. The molecule has 2 bridgehead atoms. The van der Waals surface area contributed by atoms with Gasteiger partial charge in [-0.2, -0.15) is 0 Å². The van der Waals surface area contributed by atoms with Gasteiger partial charge in [0.1, 0.15) is 16.9 Å². The van der Waals surface area contributed by atoms with Crippen LogP contribution in [0, 0.1) is 11.3 Å². The molecule has 2 fully saturated rings. The summed E-state index contributed by atoms with van der Waals surface area (Å²) >= 11 is 0. The summed E-state index contributed by atoms with van der Waals surface area (Å²) in [7, 11) is 5.92. The number of carbonyl (C=O) groups excluding carboxylic acids is 3. The van der Waals surface area contributed by atoms with Gasteiger partial charge in [-0.15, -0.1) is 0 Å². The van der Waals surface area contributed by atoms with Crippen LogP contribution in [-0.2, 0) is 22.6 Å². The molecule has 196 valence electrons. The monoisotopic (exact) mass is 508 g/mol. The van der Waals surface area contributed by atoms with Gasteiger partial charge < -0.3 is 18.9 Å². The highest BCUT2D eigenvalue weighted by Gasteiger charge is 2.57. The second-order valence-corrected chi connectivity index (χ2v) is 10.3. The zero-order valence-electron chi connectivity index (χ0n) is 21.6. The fourth-order valence-corrected chi connectivity index (χ4v) is 6.30. The van der Waals surface area contributed by atoms with Crippen molar-refractivity contribution in [2.75, 3.05) is 47.9 Å². The van der Waals surface area contributed by atoms with Crippen LogP contribution < -0.4 is 15.0 Å². The number of piperidine rings is 1. The maximum atomic E-state index is 13.8. The molecule has 1 aromatic carbocycles. The summed E-state index contributed by atoms with van der Waals surface area (Å²) in [5.41, 5.74) is 0.157. The van der Waals surface area contributed by atoms with Gasteiger partial charge in [0.05, 0.1) is 14.2 Å². The second-order valence-electron chi connectivity index (χ2n) is 10.3. The number of rotatable bonds is 6. The highest BCUT2D eigenvalue weighted by Crippen LogP contribution is 2.40. The molecular formula is C27H32N4O6. The normalized spacial score (nSPS) is 23.2. The third-order valence-corrected chi connectivity index (χ3v) is 8.04. The topological polar surface area (TPSA) is 101 Å². The average Bonchev–Trinajstić information content (AvgIpc) is 2.90. The Morgan fingerprint density at radius 1 is 0.919 bits per heavy atom. The number of amides is 4. The van der Waals surface area contributed by atoms with Gasteiger partial charge in [-0.1, -0.05) is 12.1 Å². The number of barbiturate groups is 1. The number of hydrogen-bond donors (Lipinski definition) is 0.